The molecule has 1 aromatic rings. The maximum Gasteiger partial charge on any atom is 0.307 e. The molecule has 0 aliphatic rings. The third kappa shape index (κ3) is 5.27. The number of hydrogen-bond donors (Lipinski definition) is 0. The summed E-state index contributed by atoms with van der Waals surface area (Å²) in [6, 6.07) is 7.10. The van der Waals surface area contributed by atoms with E-state index in [2.05, 4.69) is 4.74 Å². The van der Waals surface area contributed by atoms with Gasteiger partial charge in [-0.05, 0) is 26.0 Å². The fourth-order valence-electron chi connectivity index (χ4n) is 1.95. The van der Waals surface area contributed by atoms with Gasteiger partial charge in [0, 0.05) is 12.6 Å². The Morgan fingerprint density at radius 3 is 2.32 bits per heavy atom. The Morgan fingerprint density at radius 2 is 1.77 bits per heavy atom. The summed E-state index contributed by atoms with van der Waals surface area (Å²) in [5.41, 5.74) is 0. The topological polar surface area (TPSA) is 65.1 Å². The molecule has 0 unspecified atom stereocenters. The minimum Gasteiger partial charge on any atom is -0.493 e. The fraction of sp³-hybridized carbons (Fsp3) is 0.500. The van der Waals surface area contributed by atoms with Gasteiger partial charge in [0.1, 0.15) is 0 Å². The summed E-state index contributed by atoms with van der Waals surface area (Å²) in [5, 5.41) is 0. The van der Waals surface area contributed by atoms with E-state index in [4.69, 9.17) is 9.47 Å². The van der Waals surface area contributed by atoms with Crippen molar-refractivity contribution >= 4 is 11.9 Å². The van der Waals surface area contributed by atoms with E-state index in [1.807, 2.05) is 19.9 Å². The maximum atomic E-state index is 12.3. The molecule has 0 heterocycles. The number of methoxy groups -OCH3 is 2. The lowest BCUT2D eigenvalue weighted by Crippen LogP contribution is -2.41. The molecule has 0 fully saturated rings. The van der Waals surface area contributed by atoms with Gasteiger partial charge in [-0.1, -0.05) is 12.1 Å². The third-order valence-corrected chi connectivity index (χ3v) is 3.15. The predicted molar refractivity (Wildman–Crippen MR) is 82.0 cm³/mol. The summed E-state index contributed by atoms with van der Waals surface area (Å²) >= 11 is 0. The van der Waals surface area contributed by atoms with Crippen LogP contribution in [0.3, 0.4) is 0 Å². The van der Waals surface area contributed by atoms with Gasteiger partial charge < -0.3 is 19.1 Å². The highest BCUT2D eigenvalue weighted by Gasteiger charge is 2.19. The summed E-state index contributed by atoms with van der Waals surface area (Å²) in [4.78, 5) is 25.1. The smallest absolute Gasteiger partial charge is 0.307 e. The molecule has 6 heteroatoms. The van der Waals surface area contributed by atoms with Gasteiger partial charge in [-0.15, -0.1) is 0 Å². The van der Waals surface area contributed by atoms with Crippen LogP contribution in [0.4, 0.5) is 0 Å². The maximum absolute atomic E-state index is 12.3. The Labute approximate surface area is 131 Å². The van der Waals surface area contributed by atoms with Crippen LogP contribution in [0.5, 0.6) is 11.5 Å². The molecule has 1 rings (SSSR count). The van der Waals surface area contributed by atoms with Gasteiger partial charge in [-0.25, -0.2) is 0 Å². The first-order valence-electron chi connectivity index (χ1n) is 7.11. The molecule has 0 N–H and O–H groups in total. The van der Waals surface area contributed by atoms with Crippen LogP contribution in [0.1, 0.15) is 20.3 Å². The molecule has 0 bridgehead atoms. The van der Waals surface area contributed by atoms with Crippen molar-refractivity contribution in [2.75, 3.05) is 27.4 Å². The monoisotopic (exact) mass is 309 g/mol. The van der Waals surface area contributed by atoms with Crippen molar-refractivity contribution in [2.45, 2.75) is 26.3 Å². The molecule has 122 valence electrons. The molecule has 0 aliphatic heterocycles. The minimum atomic E-state index is -0.343. The van der Waals surface area contributed by atoms with E-state index in [1.54, 1.807) is 30.2 Å². The molecule has 6 nitrogen and oxygen atoms in total. The number of nitrogens with zero attached hydrogens (tertiary/aromatic N) is 1. The molecule has 1 aromatic carbocycles. The second-order valence-electron chi connectivity index (χ2n) is 4.95. The van der Waals surface area contributed by atoms with Crippen molar-refractivity contribution in [1.29, 1.82) is 0 Å². The summed E-state index contributed by atoms with van der Waals surface area (Å²) in [6.45, 7) is 3.97. The van der Waals surface area contributed by atoms with Crippen LogP contribution in [0.15, 0.2) is 24.3 Å². The van der Waals surface area contributed by atoms with Gasteiger partial charge in [0.15, 0.2) is 18.1 Å². The van der Waals surface area contributed by atoms with Crippen LogP contribution in [0, 0.1) is 0 Å². The highest BCUT2D eigenvalue weighted by Crippen LogP contribution is 2.25. The first-order valence-corrected chi connectivity index (χ1v) is 7.11. The number of rotatable bonds is 8. The number of benzene rings is 1. The Balaban J connectivity index is 2.61. The van der Waals surface area contributed by atoms with E-state index in [0.717, 1.165) is 0 Å². The quantitative estimate of drug-likeness (QED) is 0.686. The third-order valence-electron chi connectivity index (χ3n) is 3.15. The first-order chi connectivity index (χ1) is 10.5. The Morgan fingerprint density at radius 1 is 1.14 bits per heavy atom. The van der Waals surface area contributed by atoms with Crippen molar-refractivity contribution < 1.29 is 23.8 Å². The Bertz CT molecular complexity index is 501. The van der Waals surface area contributed by atoms with Crippen molar-refractivity contribution in [3.8, 4) is 11.5 Å². The molecule has 22 heavy (non-hydrogen) atoms. The number of hydrogen-bond acceptors (Lipinski definition) is 5. The van der Waals surface area contributed by atoms with Crippen LogP contribution in [-0.2, 0) is 14.3 Å². The van der Waals surface area contributed by atoms with Crippen LogP contribution >= 0.6 is 0 Å². The second kappa shape index (κ2) is 8.92. The van der Waals surface area contributed by atoms with Crippen LogP contribution in [-0.4, -0.2) is 50.2 Å². The molecule has 0 aliphatic carbocycles. The molecule has 0 aromatic heterocycles. The molecule has 1 amide bonds. The molecule has 0 spiro atoms. The molecule has 0 saturated heterocycles. The zero-order valence-corrected chi connectivity index (χ0v) is 13.5. The zero-order chi connectivity index (χ0) is 16.5. The number of ether oxygens (including phenoxy) is 3. The SMILES string of the molecule is COC(=O)CCN(C(=O)COc1ccccc1OC)C(C)C. The molecular weight excluding hydrogens is 286 g/mol. The van der Waals surface area contributed by atoms with Crippen molar-refractivity contribution in [3.63, 3.8) is 0 Å². The summed E-state index contributed by atoms with van der Waals surface area (Å²) in [5.74, 6) is 0.546. The van der Waals surface area contributed by atoms with Gasteiger partial charge in [0.2, 0.25) is 0 Å². The van der Waals surface area contributed by atoms with E-state index < -0.39 is 0 Å². The van der Waals surface area contributed by atoms with E-state index >= 15 is 0 Å². The lowest BCUT2D eigenvalue weighted by Gasteiger charge is -2.26. The number of carbonyl (C=O) groups excluding carboxylic acids is 2. The van der Waals surface area contributed by atoms with Gasteiger partial charge in [0.05, 0.1) is 20.6 Å². The molecule has 0 radical (unpaired) electrons. The number of amides is 1. The van der Waals surface area contributed by atoms with Crippen LogP contribution in [0.25, 0.3) is 0 Å². The van der Waals surface area contributed by atoms with E-state index in [0.29, 0.717) is 18.0 Å². The summed E-state index contributed by atoms with van der Waals surface area (Å²) < 4.78 is 15.3. The van der Waals surface area contributed by atoms with Crippen molar-refractivity contribution in [3.05, 3.63) is 24.3 Å². The van der Waals surface area contributed by atoms with Gasteiger partial charge in [-0.2, -0.15) is 0 Å². The fourth-order valence-corrected chi connectivity index (χ4v) is 1.95. The summed E-state index contributed by atoms with van der Waals surface area (Å²) in [7, 11) is 2.87. The normalized spacial score (nSPS) is 10.2. The Kier molecular flexibility index (Phi) is 7.22. The molecule has 0 saturated carbocycles. The van der Waals surface area contributed by atoms with Gasteiger partial charge in [0.25, 0.3) is 5.91 Å². The summed E-state index contributed by atoms with van der Waals surface area (Å²) in [6.07, 6.45) is 0.162. The van der Waals surface area contributed by atoms with Crippen molar-refractivity contribution in [1.82, 2.24) is 4.90 Å². The average molecular weight is 309 g/mol. The second-order valence-corrected chi connectivity index (χ2v) is 4.95. The van der Waals surface area contributed by atoms with E-state index in [-0.39, 0.29) is 30.9 Å². The van der Waals surface area contributed by atoms with Gasteiger partial charge >= 0.3 is 5.97 Å². The van der Waals surface area contributed by atoms with Crippen LogP contribution in [0.2, 0.25) is 0 Å². The lowest BCUT2D eigenvalue weighted by atomic mass is 10.2. The average Bonchev–Trinajstić information content (AvgIpc) is 2.52. The number of esters is 1. The number of carbonyl (C=O) groups is 2. The Hall–Kier alpha value is -2.24. The van der Waals surface area contributed by atoms with Crippen molar-refractivity contribution in [2.24, 2.45) is 0 Å². The largest absolute Gasteiger partial charge is 0.493 e. The predicted octanol–water partition coefficient (Wildman–Crippen LogP) is 1.87. The van der Waals surface area contributed by atoms with Crippen LogP contribution < -0.4 is 9.47 Å². The molecular formula is C16H23NO5. The lowest BCUT2D eigenvalue weighted by molar-refractivity contribution is -0.142. The van der Waals surface area contributed by atoms with Gasteiger partial charge in [-0.3, -0.25) is 9.59 Å². The van der Waals surface area contributed by atoms with E-state index in [1.165, 1.54) is 7.11 Å². The number of para-hydroxylation sites is 2. The highest BCUT2D eigenvalue weighted by atomic mass is 16.5. The first kappa shape index (κ1) is 17.8. The zero-order valence-electron chi connectivity index (χ0n) is 13.5. The van der Waals surface area contributed by atoms with E-state index in [9.17, 15) is 9.59 Å². The minimum absolute atomic E-state index is 0.0292. The molecule has 0 atom stereocenters. The highest BCUT2D eigenvalue weighted by molar-refractivity contribution is 5.79. The standard InChI is InChI=1S/C16H23NO5/c1-12(2)17(10-9-16(19)21-4)15(18)11-22-14-8-6-5-7-13(14)20-3/h5-8,12H,9-11H2,1-4H3.